The van der Waals surface area contributed by atoms with E-state index in [9.17, 15) is 0 Å². The minimum Gasteiger partial charge on any atom is -0.362 e. The molecule has 1 aliphatic rings. The van der Waals surface area contributed by atoms with Crippen LogP contribution in [0.25, 0.3) is 33.1 Å². The first kappa shape index (κ1) is 32.0. The molecule has 5 aromatic carbocycles. The van der Waals surface area contributed by atoms with Crippen LogP contribution in [0.3, 0.4) is 0 Å². The standard InChI is InChI=1S/C28H22N3.C14H14N.Ir/c1-20(2)31-25-13-7-6-12-23(25)24-17-16-22(18-28(24)31)30-19-29(21-10-4-3-5-11-21)26-14-8-9-15-27(26)30;1-10-4-6-13(7-5-10)14-8-11(2)12(3)9-15-14;/h3-15,17-18,20H,1-2H3;4-6,8-9H,1-3H3;/q+1;-1;. The van der Waals surface area contributed by atoms with Crippen molar-refractivity contribution in [1.82, 2.24) is 18.7 Å². The Hall–Kier alpha value is -4.92. The Bertz CT molecular complexity index is 2290. The fourth-order valence-electron chi connectivity index (χ4n) is 6.05. The predicted molar refractivity (Wildman–Crippen MR) is 192 cm³/mol. The molecule has 0 N–H and O–H groups in total. The van der Waals surface area contributed by atoms with Crippen LogP contribution in [-0.2, 0) is 20.1 Å². The molecule has 0 saturated carbocycles. The minimum absolute atomic E-state index is 0. The molecule has 0 atom stereocenters. The van der Waals surface area contributed by atoms with Gasteiger partial charge in [0, 0.05) is 62.1 Å². The minimum atomic E-state index is 0. The first-order valence-electron chi connectivity index (χ1n) is 15.8. The van der Waals surface area contributed by atoms with Crippen LogP contribution < -0.4 is 9.15 Å². The predicted octanol–water partition coefficient (Wildman–Crippen LogP) is 10.5. The molecule has 1 aliphatic heterocycles. The zero-order chi connectivity index (χ0) is 31.8. The summed E-state index contributed by atoms with van der Waals surface area (Å²) in [7, 11) is 0. The summed E-state index contributed by atoms with van der Waals surface area (Å²) < 4.78 is 6.65. The summed E-state index contributed by atoms with van der Waals surface area (Å²) in [5, 5.41) is 2.51. The molecule has 0 aliphatic carbocycles. The fourth-order valence-corrected chi connectivity index (χ4v) is 6.05. The van der Waals surface area contributed by atoms with Crippen LogP contribution in [0, 0.1) is 32.9 Å². The number of fused-ring (bicyclic) bond motifs is 4. The fraction of sp³-hybridized carbons (Fsp3) is 0.143. The van der Waals surface area contributed by atoms with Crippen LogP contribution in [0.5, 0.6) is 0 Å². The van der Waals surface area contributed by atoms with E-state index in [1.807, 2.05) is 18.3 Å². The van der Waals surface area contributed by atoms with Crippen molar-refractivity contribution in [3.63, 3.8) is 0 Å². The molecule has 0 bridgehead atoms. The van der Waals surface area contributed by atoms with Crippen LogP contribution in [0.4, 0.5) is 22.7 Å². The summed E-state index contributed by atoms with van der Waals surface area (Å²) in [6, 6.07) is 50.7. The molecule has 0 spiro atoms. The maximum atomic E-state index is 4.41. The SMILES string of the molecule is CC(C)n1c2ccccc2c2c[c-]c([N+]3=C=[N+](c4ccccc4)c4ccccc43)cc21.Cc1c[c-]c(-c2cc(C)c(C)cn2)cc1.[Ir]. The summed E-state index contributed by atoms with van der Waals surface area (Å²) in [6.45, 7) is 10.7. The van der Waals surface area contributed by atoms with Crippen molar-refractivity contribution < 1.29 is 20.1 Å². The van der Waals surface area contributed by atoms with Gasteiger partial charge in [-0.05, 0) is 55.0 Å². The summed E-state index contributed by atoms with van der Waals surface area (Å²) in [4.78, 5) is 4.41. The van der Waals surface area contributed by atoms with Gasteiger partial charge in [-0.1, -0.05) is 83.2 Å². The van der Waals surface area contributed by atoms with Crippen molar-refractivity contribution in [2.45, 2.75) is 40.7 Å². The third-order valence-electron chi connectivity index (χ3n) is 8.58. The van der Waals surface area contributed by atoms with Crippen molar-refractivity contribution in [2.24, 2.45) is 0 Å². The third-order valence-corrected chi connectivity index (χ3v) is 8.58. The molecule has 7 aromatic rings. The molecule has 8 rings (SSSR count). The summed E-state index contributed by atoms with van der Waals surface area (Å²) in [5.74, 6) is 0. The Balaban J connectivity index is 0.000000204. The summed E-state index contributed by atoms with van der Waals surface area (Å²) >= 11 is 0. The molecule has 2 aromatic heterocycles. The second-order valence-electron chi connectivity index (χ2n) is 12.1. The van der Waals surface area contributed by atoms with Gasteiger partial charge in [-0.25, -0.2) is 0 Å². The van der Waals surface area contributed by atoms with Crippen LogP contribution in [0.1, 0.15) is 36.6 Å². The number of pyridine rings is 1. The molecule has 0 saturated heterocycles. The van der Waals surface area contributed by atoms with Gasteiger partial charge in [0.25, 0.3) is 11.4 Å². The van der Waals surface area contributed by atoms with E-state index in [2.05, 4.69) is 175 Å². The zero-order valence-corrected chi connectivity index (χ0v) is 29.6. The second kappa shape index (κ2) is 13.4. The Kier molecular flexibility index (Phi) is 9.16. The van der Waals surface area contributed by atoms with E-state index in [1.165, 1.54) is 38.5 Å². The Morgan fingerprint density at radius 2 is 1.38 bits per heavy atom. The van der Waals surface area contributed by atoms with Crippen molar-refractivity contribution in [1.29, 1.82) is 0 Å². The first-order chi connectivity index (χ1) is 22.4. The molecule has 0 unspecified atom stereocenters. The number of benzene rings is 5. The molecule has 0 fully saturated rings. The van der Waals surface area contributed by atoms with Gasteiger partial charge in [0.15, 0.2) is 0 Å². The molecular formula is C42H36IrN4. The van der Waals surface area contributed by atoms with E-state index in [1.54, 1.807) is 0 Å². The number of aryl methyl sites for hydroxylation is 3. The smallest absolute Gasteiger partial charge is 0.362 e. The van der Waals surface area contributed by atoms with E-state index >= 15 is 0 Å². The van der Waals surface area contributed by atoms with E-state index in [0.29, 0.717) is 6.04 Å². The van der Waals surface area contributed by atoms with Crippen LogP contribution in [-0.4, -0.2) is 15.6 Å². The summed E-state index contributed by atoms with van der Waals surface area (Å²) in [5.41, 5.74) is 12.6. The van der Waals surface area contributed by atoms with Gasteiger partial charge >= 0.3 is 6.01 Å². The second-order valence-corrected chi connectivity index (χ2v) is 12.1. The Labute approximate surface area is 290 Å². The maximum Gasteiger partial charge on any atom is 0.501 e. The largest absolute Gasteiger partial charge is 0.501 e. The van der Waals surface area contributed by atoms with Crippen LogP contribution in [0.2, 0.25) is 0 Å². The number of nitrogens with zero attached hydrogens (tertiary/aromatic N) is 4. The molecule has 4 nitrogen and oxygen atoms in total. The van der Waals surface area contributed by atoms with Crippen molar-refractivity contribution >= 4 is 50.6 Å². The topological polar surface area (TPSA) is 23.8 Å². The Morgan fingerprint density at radius 3 is 2.09 bits per heavy atom. The average molecular weight is 789 g/mol. The number of para-hydroxylation sites is 4. The quantitative estimate of drug-likeness (QED) is 0.129. The monoisotopic (exact) mass is 789 g/mol. The van der Waals surface area contributed by atoms with Gasteiger partial charge in [-0.15, -0.1) is 46.8 Å². The van der Waals surface area contributed by atoms with Gasteiger partial charge in [-0.3, -0.25) is 0 Å². The van der Waals surface area contributed by atoms with Gasteiger partial charge in [-0.2, -0.15) is 6.07 Å². The molecule has 5 heteroatoms. The van der Waals surface area contributed by atoms with Gasteiger partial charge < -0.3 is 9.55 Å². The van der Waals surface area contributed by atoms with Gasteiger partial charge in [0.2, 0.25) is 5.69 Å². The number of hydrogen-bond acceptors (Lipinski definition) is 1. The normalized spacial score (nSPS) is 11.9. The van der Waals surface area contributed by atoms with Gasteiger partial charge in [0.05, 0.1) is 0 Å². The summed E-state index contributed by atoms with van der Waals surface area (Å²) in [6.07, 6.45) is 1.92. The molecule has 0 amide bonds. The van der Waals surface area contributed by atoms with Crippen LogP contribution >= 0.6 is 0 Å². The Morgan fingerprint density at radius 1 is 0.681 bits per heavy atom. The molecular weight excluding hydrogens is 753 g/mol. The maximum absolute atomic E-state index is 4.41. The molecule has 1 radical (unpaired) electrons. The van der Waals surface area contributed by atoms with E-state index in [0.717, 1.165) is 34.0 Å². The number of aromatic nitrogens is 2. The van der Waals surface area contributed by atoms with Crippen LogP contribution in [0.15, 0.2) is 121 Å². The first-order valence-corrected chi connectivity index (χ1v) is 15.8. The van der Waals surface area contributed by atoms with Crippen molar-refractivity contribution in [3.05, 3.63) is 150 Å². The number of rotatable bonds is 4. The average Bonchev–Trinajstić information content (AvgIpc) is 3.63. The zero-order valence-electron chi connectivity index (χ0n) is 27.2. The molecule has 3 heterocycles. The van der Waals surface area contributed by atoms with Crippen molar-refractivity contribution in [3.8, 4) is 11.3 Å². The third kappa shape index (κ3) is 6.14. The molecule has 233 valence electrons. The van der Waals surface area contributed by atoms with Crippen molar-refractivity contribution in [2.75, 3.05) is 0 Å². The molecule has 47 heavy (non-hydrogen) atoms. The van der Waals surface area contributed by atoms with E-state index < -0.39 is 0 Å². The van der Waals surface area contributed by atoms with Gasteiger partial charge in [0.1, 0.15) is 5.69 Å². The van der Waals surface area contributed by atoms with E-state index in [4.69, 9.17) is 0 Å². The number of hydrogen-bond donors (Lipinski definition) is 0. The van der Waals surface area contributed by atoms with E-state index in [-0.39, 0.29) is 20.1 Å².